The molecule has 0 saturated carbocycles. The fourth-order valence-corrected chi connectivity index (χ4v) is 1.55. The molecule has 1 aromatic rings. The molecule has 0 bridgehead atoms. The van der Waals surface area contributed by atoms with E-state index in [1.54, 1.807) is 6.08 Å². The third-order valence-corrected chi connectivity index (χ3v) is 2.60. The van der Waals surface area contributed by atoms with Gasteiger partial charge >= 0.3 is 5.97 Å². The van der Waals surface area contributed by atoms with Gasteiger partial charge in [-0.15, -0.1) is 0 Å². The van der Waals surface area contributed by atoms with Crippen LogP contribution in [-0.4, -0.2) is 40.9 Å². The Labute approximate surface area is 104 Å². The molecule has 0 amide bonds. The average Bonchev–Trinajstić information content (AvgIpc) is 2.34. The Hall–Kier alpha value is -1.40. The first-order valence-corrected chi connectivity index (χ1v) is 6.37. The maximum Gasteiger partial charge on any atom is 0.355 e. The van der Waals surface area contributed by atoms with Gasteiger partial charge < -0.3 is 10.4 Å². The minimum Gasteiger partial charge on any atom is -0.476 e. The molecule has 1 aromatic heterocycles. The summed E-state index contributed by atoms with van der Waals surface area (Å²) in [4.78, 5) is 19.1. The highest BCUT2D eigenvalue weighted by Gasteiger charge is 2.11. The highest BCUT2D eigenvalue weighted by molar-refractivity contribution is 7.98. The zero-order valence-electron chi connectivity index (χ0n) is 9.80. The van der Waals surface area contributed by atoms with Crippen LogP contribution in [0.4, 0.5) is 0 Å². The van der Waals surface area contributed by atoms with Crippen molar-refractivity contribution in [2.75, 3.05) is 19.8 Å². The Morgan fingerprint density at radius 3 is 3.00 bits per heavy atom. The van der Waals surface area contributed by atoms with Gasteiger partial charge in [0, 0.05) is 11.8 Å². The van der Waals surface area contributed by atoms with E-state index in [9.17, 15) is 4.79 Å². The molecule has 5 nitrogen and oxygen atoms in total. The van der Waals surface area contributed by atoms with Crippen LogP contribution in [0.25, 0.3) is 6.08 Å². The summed E-state index contributed by atoms with van der Waals surface area (Å²) in [5.74, 6) is -1.03. The van der Waals surface area contributed by atoms with Crippen LogP contribution in [-0.2, 0) is 0 Å². The lowest BCUT2D eigenvalue weighted by Gasteiger charge is -2.01. The molecule has 0 aliphatic carbocycles. The number of nitrogens with one attached hydrogen (secondary N) is 1. The van der Waals surface area contributed by atoms with E-state index in [1.165, 1.54) is 18.0 Å². The van der Waals surface area contributed by atoms with Crippen LogP contribution in [0.5, 0.6) is 0 Å². The molecule has 92 valence electrons. The summed E-state index contributed by atoms with van der Waals surface area (Å²) in [7, 11) is 1.87. The predicted octanol–water partition coefficient (Wildman–Crippen LogP) is 1.52. The van der Waals surface area contributed by atoms with Crippen LogP contribution in [0.2, 0.25) is 0 Å². The van der Waals surface area contributed by atoms with Gasteiger partial charge in [0.05, 0.1) is 0 Å². The second kappa shape index (κ2) is 7.03. The topological polar surface area (TPSA) is 75.1 Å². The minimum atomic E-state index is -1.03. The molecule has 0 saturated heterocycles. The summed E-state index contributed by atoms with van der Waals surface area (Å²) < 4.78 is 0. The molecule has 1 rings (SSSR count). The summed E-state index contributed by atoms with van der Waals surface area (Å²) >= 11 is 1.32. The lowest BCUT2D eigenvalue weighted by molar-refractivity contribution is 0.0689. The molecule has 0 spiro atoms. The highest BCUT2D eigenvalue weighted by atomic mass is 32.2. The molecule has 0 unspecified atom stereocenters. The standard InChI is InChI=1S/C11H15N3O2S/c1-12-6-4-3-5-8-7-13-11(17-2)14-9(8)10(15)16/h3,5,7,12H,4,6H2,1-2H3,(H,15,16). The number of nitrogens with zero attached hydrogens (tertiary/aromatic N) is 2. The van der Waals surface area contributed by atoms with Gasteiger partial charge in [0.25, 0.3) is 0 Å². The maximum atomic E-state index is 11.0. The van der Waals surface area contributed by atoms with E-state index in [4.69, 9.17) is 5.11 Å². The van der Waals surface area contributed by atoms with E-state index in [1.807, 2.05) is 19.4 Å². The first kappa shape index (κ1) is 13.7. The van der Waals surface area contributed by atoms with E-state index >= 15 is 0 Å². The molecule has 17 heavy (non-hydrogen) atoms. The molecular formula is C11H15N3O2S. The second-order valence-corrected chi connectivity index (χ2v) is 4.03. The van der Waals surface area contributed by atoms with Gasteiger partial charge in [0.2, 0.25) is 0 Å². The molecule has 0 aliphatic heterocycles. The van der Waals surface area contributed by atoms with Gasteiger partial charge in [-0.1, -0.05) is 23.9 Å². The number of hydrogen-bond donors (Lipinski definition) is 2. The van der Waals surface area contributed by atoms with Crippen molar-refractivity contribution in [2.24, 2.45) is 0 Å². The van der Waals surface area contributed by atoms with E-state index in [0.717, 1.165) is 13.0 Å². The molecular weight excluding hydrogens is 238 g/mol. The fourth-order valence-electron chi connectivity index (χ4n) is 1.20. The normalized spacial score (nSPS) is 10.9. The fraction of sp³-hybridized carbons (Fsp3) is 0.364. The first-order valence-electron chi connectivity index (χ1n) is 5.14. The molecule has 2 N–H and O–H groups in total. The van der Waals surface area contributed by atoms with Gasteiger partial charge in [-0.3, -0.25) is 0 Å². The van der Waals surface area contributed by atoms with Crippen molar-refractivity contribution < 1.29 is 9.90 Å². The van der Waals surface area contributed by atoms with Crippen molar-refractivity contribution >= 4 is 23.8 Å². The van der Waals surface area contributed by atoms with Crippen LogP contribution in [0.15, 0.2) is 17.4 Å². The van der Waals surface area contributed by atoms with E-state index in [0.29, 0.717) is 10.7 Å². The second-order valence-electron chi connectivity index (χ2n) is 3.26. The number of thioether (sulfide) groups is 1. The molecule has 0 aliphatic rings. The zero-order valence-corrected chi connectivity index (χ0v) is 10.6. The monoisotopic (exact) mass is 253 g/mol. The summed E-state index contributed by atoms with van der Waals surface area (Å²) in [6.45, 7) is 0.850. The van der Waals surface area contributed by atoms with Crippen molar-refractivity contribution in [1.29, 1.82) is 0 Å². The van der Waals surface area contributed by atoms with Gasteiger partial charge in [0.1, 0.15) is 0 Å². The molecule has 0 aromatic carbocycles. The Balaban J connectivity index is 2.90. The molecule has 0 fully saturated rings. The van der Waals surface area contributed by atoms with Gasteiger partial charge in [-0.25, -0.2) is 14.8 Å². The van der Waals surface area contributed by atoms with Crippen LogP contribution >= 0.6 is 11.8 Å². The number of rotatable bonds is 6. The maximum absolute atomic E-state index is 11.0. The zero-order chi connectivity index (χ0) is 12.7. The Morgan fingerprint density at radius 2 is 2.41 bits per heavy atom. The van der Waals surface area contributed by atoms with Crippen molar-refractivity contribution in [1.82, 2.24) is 15.3 Å². The quantitative estimate of drug-likeness (QED) is 0.455. The number of hydrogen-bond acceptors (Lipinski definition) is 5. The lowest BCUT2D eigenvalue weighted by Crippen LogP contribution is -2.06. The van der Waals surface area contributed by atoms with Crippen LogP contribution in [0, 0.1) is 0 Å². The number of carboxylic acids is 1. The Kier molecular flexibility index (Phi) is 5.65. The third kappa shape index (κ3) is 4.16. The molecule has 1 heterocycles. The minimum absolute atomic E-state index is 0.0463. The average molecular weight is 253 g/mol. The van der Waals surface area contributed by atoms with E-state index < -0.39 is 5.97 Å². The van der Waals surface area contributed by atoms with Crippen LogP contribution in [0.3, 0.4) is 0 Å². The number of aromatic carboxylic acids is 1. The molecule has 6 heteroatoms. The summed E-state index contributed by atoms with van der Waals surface area (Å²) in [5, 5.41) is 12.5. The summed E-state index contributed by atoms with van der Waals surface area (Å²) in [6.07, 6.45) is 7.83. The highest BCUT2D eigenvalue weighted by Crippen LogP contribution is 2.13. The van der Waals surface area contributed by atoms with Crippen molar-refractivity contribution in [2.45, 2.75) is 11.6 Å². The smallest absolute Gasteiger partial charge is 0.355 e. The number of carbonyl (C=O) groups is 1. The van der Waals surface area contributed by atoms with Gasteiger partial charge in [0.15, 0.2) is 10.9 Å². The van der Waals surface area contributed by atoms with Crippen molar-refractivity contribution in [3.63, 3.8) is 0 Å². The predicted molar refractivity (Wildman–Crippen MR) is 68.4 cm³/mol. The third-order valence-electron chi connectivity index (χ3n) is 2.04. The van der Waals surface area contributed by atoms with Gasteiger partial charge in [-0.05, 0) is 26.3 Å². The first-order chi connectivity index (χ1) is 8.19. The Morgan fingerprint density at radius 1 is 1.65 bits per heavy atom. The van der Waals surface area contributed by atoms with Crippen LogP contribution < -0.4 is 5.32 Å². The number of carboxylic acid groups (broad SMARTS) is 1. The van der Waals surface area contributed by atoms with E-state index in [-0.39, 0.29) is 5.69 Å². The molecule has 0 atom stereocenters. The molecule has 0 radical (unpaired) electrons. The number of aromatic nitrogens is 2. The largest absolute Gasteiger partial charge is 0.476 e. The van der Waals surface area contributed by atoms with Gasteiger partial charge in [-0.2, -0.15) is 0 Å². The SMILES string of the molecule is CNCCC=Cc1cnc(SC)nc1C(=O)O. The summed E-state index contributed by atoms with van der Waals surface area (Å²) in [5.41, 5.74) is 0.580. The van der Waals surface area contributed by atoms with E-state index in [2.05, 4.69) is 15.3 Å². The van der Waals surface area contributed by atoms with Crippen LogP contribution in [0.1, 0.15) is 22.5 Å². The summed E-state index contributed by atoms with van der Waals surface area (Å²) in [6, 6.07) is 0. The van der Waals surface area contributed by atoms with Crippen molar-refractivity contribution in [3.05, 3.63) is 23.5 Å². The Bertz CT molecular complexity index is 421. The lowest BCUT2D eigenvalue weighted by atomic mass is 10.2. The van der Waals surface area contributed by atoms with Crippen molar-refractivity contribution in [3.8, 4) is 0 Å².